The Labute approximate surface area is 174 Å². The molecule has 156 valence electrons. The first-order valence-corrected chi connectivity index (χ1v) is 10.4. The average molecular weight is 397 g/mol. The van der Waals surface area contributed by atoms with Crippen LogP contribution < -0.4 is 10.1 Å². The van der Waals surface area contributed by atoms with Gasteiger partial charge in [0, 0.05) is 26.2 Å². The number of aryl methyl sites for hydroxylation is 2. The van der Waals surface area contributed by atoms with Crippen LogP contribution in [0.5, 0.6) is 5.75 Å². The number of carbonyl (C=O) groups excluding carboxylic acids is 1. The lowest BCUT2D eigenvalue weighted by Crippen LogP contribution is -2.37. The Morgan fingerprint density at radius 2 is 1.90 bits per heavy atom. The lowest BCUT2D eigenvalue weighted by atomic mass is 10.1. The third kappa shape index (κ3) is 6.31. The van der Waals surface area contributed by atoms with Crippen LogP contribution >= 0.6 is 0 Å². The van der Waals surface area contributed by atoms with E-state index in [1.165, 1.54) is 11.1 Å². The van der Waals surface area contributed by atoms with E-state index in [0.717, 1.165) is 49.7 Å². The molecule has 1 atom stereocenters. The molecular weight excluding hydrogens is 364 g/mol. The minimum atomic E-state index is -0.493. The Morgan fingerprint density at radius 3 is 2.62 bits per heavy atom. The molecule has 1 heterocycles. The fourth-order valence-corrected chi connectivity index (χ4v) is 3.57. The van der Waals surface area contributed by atoms with Gasteiger partial charge in [-0.05, 0) is 43.0 Å². The molecule has 1 aliphatic rings. The van der Waals surface area contributed by atoms with E-state index in [-0.39, 0.29) is 5.91 Å². The average Bonchev–Trinajstić information content (AvgIpc) is 2.72. The van der Waals surface area contributed by atoms with Crippen LogP contribution in [0.4, 0.5) is 0 Å². The van der Waals surface area contributed by atoms with Gasteiger partial charge in [-0.2, -0.15) is 0 Å². The monoisotopic (exact) mass is 396 g/mol. The molecule has 1 N–H and O–H groups in total. The van der Waals surface area contributed by atoms with Crippen LogP contribution in [0.2, 0.25) is 0 Å². The third-order valence-corrected chi connectivity index (χ3v) is 5.23. The van der Waals surface area contributed by atoms with Crippen LogP contribution in [-0.4, -0.2) is 43.2 Å². The summed E-state index contributed by atoms with van der Waals surface area (Å²) >= 11 is 0. The Hall–Kier alpha value is -2.37. The summed E-state index contributed by atoms with van der Waals surface area (Å²) in [4.78, 5) is 15.1. The number of nitrogens with zero attached hydrogens (tertiary/aromatic N) is 1. The summed E-state index contributed by atoms with van der Waals surface area (Å²) in [6.45, 7) is 11.0. The fourth-order valence-electron chi connectivity index (χ4n) is 3.57. The first-order chi connectivity index (χ1) is 14.0. The topological polar surface area (TPSA) is 50.8 Å². The predicted molar refractivity (Wildman–Crippen MR) is 115 cm³/mol. The number of hydrogen-bond donors (Lipinski definition) is 1. The van der Waals surface area contributed by atoms with Gasteiger partial charge in [-0.3, -0.25) is 9.69 Å². The van der Waals surface area contributed by atoms with E-state index in [9.17, 15) is 4.79 Å². The lowest BCUT2D eigenvalue weighted by Gasteiger charge is -2.26. The van der Waals surface area contributed by atoms with Gasteiger partial charge in [0.15, 0.2) is 6.10 Å². The van der Waals surface area contributed by atoms with Crippen molar-refractivity contribution in [2.24, 2.45) is 0 Å². The van der Waals surface area contributed by atoms with E-state index in [1.54, 1.807) is 0 Å². The van der Waals surface area contributed by atoms with Gasteiger partial charge in [0.2, 0.25) is 0 Å². The smallest absolute Gasteiger partial charge is 0.261 e. The summed E-state index contributed by atoms with van der Waals surface area (Å²) in [7, 11) is 0. The molecule has 0 unspecified atom stereocenters. The van der Waals surface area contributed by atoms with Gasteiger partial charge in [-0.15, -0.1) is 0 Å². The molecule has 1 fully saturated rings. The van der Waals surface area contributed by atoms with Crippen molar-refractivity contribution in [3.05, 3.63) is 64.7 Å². The van der Waals surface area contributed by atoms with E-state index in [0.29, 0.717) is 13.0 Å². The summed E-state index contributed by atoms with van der Waals surface area (Å²) in [5.41, 5.74) is 4.60. The molecule has 0 saturated carbocycles. The molecule has 0 aromatic heterocycles. The van der Waals surface area contributed by atoms with Crippen LogP contribution in [0.15, 0.2) is 42.5 Å². The van der Waals surface area contributed by atoms with Gasteiger partial charge in [-0.1, -0.05) is 48.9 Å². The first kappa shape index (κ1) is 21.3. The molecular formula is C24H32N2O3. The highest BCUT2D eigenvalue weighted by Gasteiger charge is 2.19. The van der Waals surface area contributed by atoms with E-state index < -0.39 is 6.10 Å². The summed E-state index contributed by atoms with van der Waals surface area (Å²) in [5.74, 6) is 0.691. The van der Waals surface area contributed by atoms with Crippen molar-refractivity contribution in [2.45, 2.75) is 46.4 Å². The number of benzene rings is 2. The van der Waals surface area contributed by atoms with E-state index in [4.69, 9.17) is 9.47 Å². The molecule has 29 heavy (non-hydrogen) atoms. The van der Waals surface area contributed by atoms with Gasteiger partial charge < -0.3 is 14.8 Å². The summed E-state index contributed by atoms with van der Waals surface area (Å²) in [6, 6.07) is 14.4. The largest absolute Gasteiger partial charge is 0.480 e. The van der Waals surface area contributed by atoms with Crippen LogP contribution in [0, 0.1) is 13.8 Å². The molecule has 0 aliphatic carbocycles. The van der Waals surface area contributed by atoms with Crippen molar-refractivity contribution in [1.82, 2.24) is 10.2 Å². The molecule has 5 heteroatoms. The third-order valence-electron chi connectivity index (χ3n) is 5.23. The second-order valence-electron chi connectivity index (χ2n) is 7.71. The molecule has 0 radical (unpaired) electrons. The molecule has 1 saturated heterocycles. The zero-order chi connectivity index (χ0) is 20.6. The van der Waals surface area contributed by atoms with Crippen molar-refractivity contribution in [3.63, 3.8) is 0 Å². The maximum atomic E-state index is 12.7. The number of morpholine rings is 1. The van der Waals surface area contributed by atoms with Crippen molar-refractivity contribution in [3.8, 4) is 5.75 Å². The SMILES string of the molecule is CC[C@H](Oc1ccc(C)cc1C)C(=O)NCc1cccc(CN2CCOCC2)c1. The van der Waals surface area contributed by atoms with Gasteiger partial charge in [-0.25, -0.2) is 0 Å². The zero-order valence-corrected chi connectivity index (χ0v) is 17.7. The number of rotatable bonds is 8. The molecule has 0 bridgehead atoms. The van der Waals surface area contributed by atoms with Crippen LogP contribution in [0.3, 0.4) is 0 Å². The number of ether oxygens (including phenoxy) is 2. The first-order valence-electron chi connectivity index (χ1n) is 10.4. The van der Waals surface area contributed by atoms with E-state index in [1.807, 2.05) is 32.9 Å². The molecule has 1 amide bonds. The standard InChI is InChI=1S/C24H32N2O3/c1-4-22(29-23-9-8-18(2)14-19(23)3)24(27)25-16-20-6-5-7-21(15-20)17-26-10-12-28-13-11-26/h5-9,14-15,22H,4,10-13,16-17H2,1-3H3,(H,25,27)/t22-/m0/s1. The van der Waals surface area contributed by atoms with Crippen LogP contribution in [0.1, 0.15) is 35.6 Å². The van der Waals surface area contributed by atoms with Gasteiger partial charge in [0.05, 0.1) is 13.2 Å². The zero-order valence-electron chi connectivity index (χ0n) is 17.7. The van der Waals surface area contributed by atoms with Crippen molar-refractivity contribution >= 4 is 5.91 Å². The highest BCUT2D eigenvalue weighted by molar-refractivity contribution is 5.81. The quantitative estimate of drug-likeness (QED) is 0.741. The van der Waals surface area contributed by atoms with Crippen molar-refractivity contribution in [1.29, 1.82) is 0 Å². The van der Waals surface area contributed by atoms with Gasteiger partial charge in [0.25, 0.3) is 5.91 Å². The number of nitrogens with one attached hydrogen (secondary N) is 1. The van der Waals surface area contributed by atoms with Crippen LogP contribution in [0.25, 0.3) is 0 Å². The highest BCUT2D eigenvalue weighted by Crippen LogP contribution is 2.21. The molecule has 1 aliphatic heterocycles. The van der Waals surface area contributed by atoms with Crippen molar-refractivity contribution < 1.29 is 14.3 Å². The molecule has 2 aromatic rings. The summed E-state index contributed by atoms with van der Waals surface area (Å²) < 4.78 is 11.4. The molecule has 5 nitrogen and oxygen atoms in total. The van der Waals surface area contributed by atoms with E-state index in [2.05, 4.69) is 40.5 Å². The summed E-state index contributed by atoms with van der Waals surface area (Å²) in [5, 5.41) is 3.03. The highest BCUT2D eigenvalue weighted by atomic mass is 16.5. The maximum Gasteiger partial charge on any atom is 0.261 e. The van der Waals surface area contributed by atoms with Crippen molar-refractivity contribution in [2.75, 3.05) is 26.3 Å². The van der Waals surface area contributed by atoms with Gasteiger partial charge in [0.1, 0.15) is 5.75 Å². The van der Waals surface area contributed by atoms with E-state index >= 15 is 0 Å². The normalized spacial score (nSPS) is 15.7. The maximum absolute atomic E-state index is 12.7. The Kier molecular flexibility index (Phi) is 7.67. The number of hydrogen-bond acceptors (Lipinski definition) is 4. The Bertz CT molecular complexity index is 816. The molecule has 0 spiro atoms. The minimum absolute atomic E-state index is 0.0777. The molecule has 3 rings (SSSR count). The number of carbonyl (C=O) groups is 1. The molecule has 2 aromatic carbocycles. The van der Waals surface area contributed by atoms with Gasteiger partial charge >= 0.3 is 0 Å². The lowest BCUT2D eigenvalue weighted by molar-refractivity contribution is -0.128. The fraction of sp³-hybridized carbons (Fsp3) is 0.458. The number of amides is 1. The Balaban J connectivity index is 1.55. The van der Waals surface area contributed by atoms with Crippen LogP contribution in [-0.2, 0) is 22.6 Å². The predicted octanol–water partition coefficient (Wildman–Crippen LogP) is 3.61. The minimum Gasteiger partial charge on any atom is -0.480 e. The second-order valence-corrected chi connectivity index (χ2v) is 7.71. The second kappa shape index (κ2) is 10.4. The summed E-state index contributed by atoms with van der Waals surface area (Å²) in [6.07, 6.45) is 0.129. The Morgan fingerprint density at radius 1 is 1.14 bits per heavy atom.